The fourth-order valence-corrected chi connectivity index (χ4v) is 6.42. The van der Waals surface area contributed by atoms with Crippen molar-refractivity contribution in [2.75, 3.05) is 35.9 Å². The second-order valence-corrected chi connectivity index (χ2v) is 13.9. The molecule has 50 heavy (non-hydrogen) atoms. The number of rotatable bonds is 13. The number of halogens is 2. The van der Waals surface area contributed by atoms with E-state index in [0.717, 1.165) is 42.0 Å². The molecule has 0 atom stereocenters. The summed E-state index contributed by atoms with van der Waals surface area (Å²) in [7, 11) is -3.40. The van der Waals surface area contributed by atoms with Crippen LogP contribution in [0, 0.1) is 11.6 Å². The molecule has 0 bridgehead atoms. The predicted octanol–water partition coefficient (Wildman–Crippen LogP) is 6.59. The third kappa shape index (κ3) is 9.54. The predicted molar refractivity (Wildman–Crippen MR) is 188 cm³/mol. The topological polar surface area (TPSA) is 147 Å². The average Bonchev–Trinajstić information content (AvgIpc) is 3.08. The summed E-state index contributed by atoms with van der Waals surface area (Å²) in [5, 5.41) is 2.53. The van der Waals surface area contributed by atoms with Crippen LogP contribution < -0.4 is 20.5 Å². The van der Waals surface area contributed by atoms with E-state index < -0.39 is 39.2 Å². The highest BCUT2D eigenvalue weighted by molar-refractivity contribution is 7.92. The second-order valence-electron chi connectivity index (χ2n) is 12.2. The van der Waals surface area contributed by atoms with Gasteiger partial charge in [-0.1, -0.05) is 49.7 Å². The van der Waals surface area contributed by atoms with Gasteiger partial charge in [0.05, 0.1) is 23.2 Å². The van der Waals surface area contributed by atoms with Crippen molar-refractivity contribution in [2.45, 2.75) is 45.2 Å². The number of urea groups is 1. The Kier molecular flexibility index (Phi) is 11.6. The Morgan fingerprint density at radius 3 is 2.34 bits per heavy atom. The van der Waals surface area contributed by atoms with Crippen molar-refractivity contribution >= 4 is 33.3 Å². The average molecular weight is 707 g/mol. The van der Waals surface area contributed by atoms with E-state index in [0.29, 0.717) is 62.4 Å². The number of primary amides is 1. The summed E-state index contributed by atoms with van der Waals surface area (Å²) in [6.45, 7) is 4.46. The lowest BCUT2D eigenvalue weighted by Crippen LogP contribution is -2.49. The van der Waals surface area contributed by atoms with Crippen LogP contribution in [-0.4, -0.2) is 67.1 Å². The molecule has 0 saturated carbocycles. The second kappa shape index (κ2) is 16.1. The molecule has 4 aromatic rings. The Labute approximate surface area is 290 Å². The number of benzene rings is 3. The van der Waals surface area contributed by atoms with E-state index in [1.165, 1.54) is 0 Å². The normalized spacial score (nSPS) is 13.8. The number of carbonyl (C=O) groups is 2. The maximum atomic E-state index is 14.6. The number of unbranched alkanes of at least 4 members (excludes halogenated alkanes) is 1. The minimum Gasteiger partial charge on any atom is -0.439 e. The highest BCUT2D eigenvalue weighted by Crippen LogP contribution is 2.30. The van der Waals surface area contributed by atoms with E-state index in [1.54, 1.807) is 35.2 Å². The number of hydrogen-bond donors (Lipinski definition) is 3. The number of pyridine rings is 1. The van der Waals surface area contributed by atoms with Gasteiger partial charge in [0.25, 0.3) is 5.91 Å². The van der Waals surface area contributed by atoms with Gasteiger partial charge in [0, 0.05) is 55.6 Å². The number of hydrogen-bond acceptors (Lipinski definition) is 7. The summed E-state index contributed by atoms with van der Waals surface area (Å²) < 4.78 is 60.1. The van der Waals surface area contributed by atoms with Crippen molar-refractivity contribution in [1.82, 2.24) is 14.8 Å². The molecule has 264 valence electrons. The van der Waals surface area contributed by atoms with Gasteiger partial charge in [0.1, 0.15) is 17.4 Å². The SMILES string of the molecule is CCCCN(C(=O)Nc1cc(C(N)=O)c(F)cc1F)C1CCN(Cc2ccc(Oc3ccc(NS(C)(=O)=O)cc3)nc2-c2ccccc2)CC1. The molecule has 1 aliphatic heterocycles. The zero-order chi connectivity index (χ0) is 35.8. The number of carbonyl (C=O) groups excluding carboxylic acids is 2. The van der Waals surface area contributed by atoms with Gasteiger partial charge in [-0.05, 0) is 55.2 Å². The Bertz CT molecular complexity index is 1920. The van der Waals surface area contributed by atoms with Gasteiger partial charge < -0.3 is 20.7 Å². The van der Waals surface area contributed by atoms with Gasteiger partial charge >= 0.3 is 6.03 Å². The number of nitrogens with one attached hydrogen (secondary N) is 2. The van der Waals surface area contributed by atoms with Gasteiger partial charge in [-0.15, -0.1) is 0 Å². The molecule has 11 nitrogen and oxygen atoms in total. The summed E-state index contributed by atoms with van der Waals surface area (Å²) >= 11 is 0. The number of nitrogens with two attached hydrogens (primary N) is 1. The number of likely N-dealkylation sites (tertiary alicyclic amines) is 1. The van der Waals surface area contributed by atoms with Crippen molar-refractivity contribution in [3.05, 3.63) is 102 Å². The van der Waals surface area contributed by atoms with E-state index in [-0.39, 0.29) is 11.7 Å². The van der Waals surface area contributed by atoms with Crippen LogP contribution in [-0.2, 0) is 16.6 Å². The smallest absolute Gasteiger partial charge is 0.322 e. The monoisotopic (exact) mass is 706 g/mol. The van der Waals surface area contributed by atoms with Gasteiger partial charge in [-0.25, -0.2) is 27.0 Å². The van der Waals surface area contributed by atoms with Crippen LogP contribution in [0.3, 0.4) is 0 Å². The van der Waals surface area contributed by atoms with E-state index in [4.69, 9.17) is 15.5 Å². The summed E-state index contributed by atoms with van der Waals surface area (Å²) in [6.07, 6.45) is 4.03. The van der Waals surface area contributed by atoms with Crippen molar-refractivity contribution in [2.24, 2.45) is 5.73 Å². The summed E-state index contributed by atoms with van der Waals surface area (Å²) in [5.74, 6) is -2.26. The van der Waals surface area contributed by atoms with Crippen LogP contribution in [0.4, 0.5) is 25.0 Å². The highest BCUT2D eigenvalue weighted by Gasteiger charge is 2.29. The van der Waals surface area contributed by atoms with E-state index in [2.05, 4.69) is 14.9 Å². The van der Waals surface area contributed by atoms with E-state index >= 15 is 0 Å². The van der Waals surface area contributed by atoms with E-state index in [1.807, 2.05) is 43.3 Å². The molecule has 0 spiro atoms. The standard InChI is InChI=1S/C36H40F2N6O5S/c1-3-4-18-44(36(46)40-32-21-29(35(39)45)30(37)22-31(32)38)27-16-19-43(20-17-27)23-25-10-15-33(41-34(25)24-8-6-5-7-9-24)49-28-13-11-26(12-14-28)42-50(2,47)48/h5-15,21-22,27,42H,3-4,16-20,23H2,1-2H3,(H2,39,45)(H,40,46). The number of ether oxygens (including phenoxy) is 1. The first kappa shape index (κ1) is 36.2. The Hall–Kier alpha value is -5.08. The largest absolute Gasteiger partial charge is 0.439 e. The third-order valence-electron chi connectivity index (χ3n) is 8.35. The van der Waals surface area contributed by atoms with Crippen molar-refractivity contribution in [3.8, 4) is 22.9 Å². The number of anilines is 2. The van der Waals surface area contributed by atoms with Crippen LogP contribution in [0.2, 0.25) is 0 Å². The van der Waals surface area contributed by atoms with Gasteiger partial charge in [0.15, 0.2) is 0 Å². The molecule has 0 unspecified atom stereocenters. The van der Waals surface area contributed by atoms with Crippen molar-refractivity contribution in [3.63, 3.8) is 0 Å². The zero-order valence-electron chi connectivity index (χ0n) is 27.9. The lowest BCUT2D eigenvalue weighted by atomic mass is 10.0. The van der Waals surface area contributed by atoms with Crippen LogP contribution >= 0.6 is 0 Å². The first-order chi connectivity index (χ1) is 23.9. The van der Waals surface area contributed by atoms with Crippen LogP contribution in [0.1, 0.15) is 48.5 Å². The lowest BCUT2D eigenvalue weighted by molar-refractivity contribution is 0.0996. The lowest BCUT2D eigenvalue weighted by Gasteiger charge is -2.38. The minimum absolute atomic E-state index is 0.113. The maximum Gasteiger partial charge on any atom is 0.322 e. The summed E-state index contributed by atoms with van der Waals surface area (Å²) in [6, 6.07) is 20.9. The van der Waals surface area contributed by atoms with Gasteiger partial charge in [0.2, 0.25) is 15.9 Å². The zero-order valence-corrected chi connectivity index (χ0v) is 28.7. The quantitative estimate of drug-likeness (QED) is 0.142. The maximum absolute atomic E-state index is 14.6. The minimum atomic E-state index is -3.40. The molecule has 1 aromatic heterocycles. The Morgan fingerprint density at radius 1 is 1.00 bits per heavy atom. The number of nitrogens with zero attached hydrogens (tertiary/aromatic N) is 3. The molecule has 5 rings (SSSR count). The summed E-state index contributed by atoms with van der Waals surface area (Å²) in [4.78, 5) is 33.9. The fourth-order valence-electron chi connectivity index (χ4n) is 5.86. The molecule has 1 fully saturated rings. The van der Waals surface area contributed by atoms with Crippen LogP contribution in [0.25, 0.3) is 11.3 Å². The highest BCUT2D eigenvalue weighted by atomic mass is 32.2. The first-order valence-corrected chi connectivity index (χ1v) is 18.2. The Balaban J connectivity index is 1.27. The molecule has 2 heterocycles. The number of sulfonamides is 1. The number of piperidine rings is 1. The van der Waals surface area contributed by atoms with Crippen molar-refractivity contribution in [1.29, 1.82) is 0 Å². The van der Waals surface area contributed by atoms with E-state index in [9.17, 15) is 26.8 Å². The van der Waals surface area contributed by atoms with Crippen molar-refractivity contribution < 1.29 is 31.5 Å². The Morgan fingerprint density at radius 2 is 1.70 bits per heavy atom. The van der Waals surface area contributed by atoms with Gasteiger partial charge in [-0.3, -0.25) is 14.4 Å². The summed E-state index contributed by atoms with van der Waals surface area (Å²) in [5.41, 5.74) is 7.51. The molecular weight excluding hydrogens is 666 g/mol. The fraction of sp³-hybridized carbons (Fsp3) is 0.306. The molecular formula is C36H40F2N6O5S. The molecule has 3 aromatic carbocycles. The van der Waals surface area contributed by atoms with Crippen LogP contribution in [0.15, 0.2) is 78.9 Å². The van der Waals surface area contributed by atoms with Gasteiger partial charge in [-0.2, -0.15) is 0 Å². The molecule has 0 aliphatic carbocycles. The first-order valence-electron chi connectivity index (χ1n) is 16.3. The number of amides is 3. The molecule has 1 saturated heterocycles. The third-order valence-corrected chi connectivity index (χ3v) is 8.96. The number of aromatic nitrogens is 1. The molecule has 4 N–H and O–H groups in total. The molecule has 1 aliphatic rings. The molecule has 3 amide bonds. The van der Waals surface area contributed by atoms with Crippen LogP contribution in [0.5, 0.6) is 11.6 Å². The molecule has 14 heteroatoms. The molecule has 0 radical (unpaired) electrons.